The van der Waals surface area contributed by atoms with E-state index in [1.54, 1.807) is 0 Å². The predicted molar refractivity (Wildman–Crippen MR) is 64.2 cm³/mol. The van der Waals surface area contributed by atoms with Gasteiger partial charge in [-0.2, -0.15) is 0 Å². The molecule has 0 spiro atoms. The lowest BCUT2D eigenvalue weighted by Crippen LogP contribution is -2.48. The molecule has 4 heteroatoms. The molecule has 2 saturated heterocycles. The number of nitrogens with one attached hydrogen (secondary N) is 2. The van der Waals surface area contributed by atoms with Crippen LogP contribution < -0.4 is 10.6 Å². The van der Waals surface area contributed by atoms with Crippen LogP contribution in [-0.4, -0.2) is 50.1 Å². The monoisotopic (exact) mass is 225 g/mol. The van der Waals surface area contributed by atoms with E-state index in [2.05, 4.69) is 29.5 Å². The smallest absolute Gasteiger partial charge is 0.224 e. The van der Waals surface area contributed by atoms with Gasteiger partial charge in [-0.3, -0.25) is 4.79 Å². The first kappa shape index (κ1) is 11.9. The van der Waals surface area contributed by atoms with Crippen molar-refractivity contribution >= 4 is 5.91 Å². The maximum absolute atomic E-state index is 12.1. The van der Waals surface area contributed by atoms with E-state index in [0.717, 1.165) is 32.6 Å². The molecule has 2 rings (SSSR count). The Bertz CT molecular complexity index is 257. The van der Waals surface area contributed by atoms with Crippen LogP contribution in [0.5, 0.6) is 0 Å². The first-order valence-electron chi connectivity index (χ1n) is 6.36. The molecule has 0 aromatic rings. The first-order valence-corrected chi connectivity index (χ1v) is 6.36. The minimum absolute atomic E-state index is 0.173. The molecule has 0 aromatic carbocycles. The molecule has 2 N–H and O–H groups in total. The van der Waals surface area contributed by atoms with Crippen LogP contribution in [0.3, 0.4) is 0 Å². The third kappa shape index (κ3) is 2.74. The third-order valence-corrected chi connectivity index (χ3v) is 3.83. The molecule has 1 unspecified atom stereocenters. The van der Waals surface area contributed by atoms with Crippen LogP contribution in [-0.2, 0) is 4.79 Å². The van der Waals surface area contributed by atoms with Gasteiger partial charge in [-0.05, 0) is 38.9 Å². The highest BCUT2D eigenvalue weighted by Crippen LogP contribution is 2.17. The van der Waals surface area contributed by atoms with Gasteiger partial charge in [0.05, 0.1) is 5.92 Å². The van der Waals surface area contributed by atoms with Crippen LogP contribution in [0.15, 0.2) is 0 Å². The fourth-order valence-electron chi connectivity index (χ4n) is 2.75. The number of likely N-dealkylation sites (N-methyl/N-ethyl adjacent to an activating group) is 1. The summed E-state index contributed by atoms with van der Waals surface area (Å²) in [7, 11) is 2.12. The van der Waals surface area contributed by atoms with Crippen LogP contribution in [0.4, 0.5) is 0 Å². The van der Waals surface area contributed by atoms with E-state index in [1.165, 1.54) is 6.42 Å². The molecule has 2 fully saturated rings. The summed E-state index contributed by atoms with van der Waals surface area (Å²) in [5.74, 6) is 0.895. The van der Waals surface area contributed by atoms with Crippen LogP contribution in [0.25, 0.3) is 0 Å². The zero-order chi connectivity index (χ0) is 11.5. The number of piperidine rings is 1. The summed E-state index contributed by atoms with van der Waals surface area (Å²) in [6.07, 6.45) is 2.32. The van der Waals surface area contributed by atoms with E-state index in [0.29, 0.717) is 12.0 Å². The van der Waals surface area contributed by atoms with Crippen molar-refractivity contribution < 1.29 is 4.79 Å². The van der Waals surface area contributed by atoms with Gasteiger partial charge in [-0.1, -0.05) is 6.92 Å². The van der Waals surface area contributed by atoms with Gasteiger partial charge in [0, 0.05) is 19.1 Å². The summed E-state index contributed by atoms with van der Waals surface area (Å²) in [5.41, 5.74) is 0. The Hall–Kier alpha value is -0.610. The lowest BCUT2D eigenvalue weighted by molar-refractivity contribution is -0.126. The maximum Gasteiger partial charge on any atom is 0.224 e. The van der Waals surface area contributed by atoms with Crippen LogP contribution in [0.2, 0.25) is 0 Å². The number of amides is 1. The molecule has 4 nitrogen and oxygen atoms in total. The molecule has 0 radical (unpaired) electrons. The van der Waals surface area contributed by atoms with Crippen molar-refractivity contribution in [1.82, 2.24) is 15.5 Å². The second-order valence-corrected chi connectivity index (χ2v) is 5.35. The highest BCUT2D eigenvalue weighted by atomic mass is 16.2. The van der Waals surface area contributed by atoms with Gasteiger partial charge >= 0.3 is 0 Å². The summed E-state index contributed by atoms with van der Waals surface area (Å²) in [6, 6.07) is 0.360. The van der Waals surface area contributed by atoms with E-state index < -0.39 is 0 Å². The summed E-state index contributed by atoms with van der Waals surface area (Å²) in [4.78, 5) is 14.4. The predicted octanol–water partition coefficient (Wildman–Crippen LogP) is 0.0523. The van der Waals surface area contributed by atoms with Crippen LogP contribution in [0, 0.1) is 11.8 Å². The van der Waals surface area contributed by atoms with Crippen molar-refractivity contribution in [3.8, 4) is 0 Å². The molecule has 2 aliphatic rings. The SMILES string of the molecule is C[C@@H]1CNC[C@H]1C(=O)NC1CCCN(C)C1. The van der Waals surface area contributed by atoms with Gasteiger partial charge in [0.2, 0.25) is 5.91 Å². The summed E-state index contributed by atoms with van der Waals surface area (Å²) in [5, 5.41) is 6.48. The fraction of sp³-hybridized carbons (Fsp3) is 0.917. The summed E-state index contributed by atoms with van der Waals surface area (Å²) >= 11 is 0. The van der Waals surface area contributed by atoms with Crippen molar-refractivity contribution in [3.05, 3.63) is 0 Å². The number of nitrogens with zero attached hydrogens (tertiary/aromatic N) is 1. The number of hydrogen-bond donors (Lipinski definition) is 2. The molecular formula is C12H23N3O. The highest BCUT2D eigenvalue weighted by Gasteiger charge is 2.31. The molecule has 16 heavy (non-hydrogen) atoms. The second-order valence-electron chi connectivity index (χ2n) is 5.35. The quantitative estimate of drug-likeness (QED) is 0.698. The Labute approximate surface area is 97.8 Å². The number of likely N-dealkylation sites (tertiary alicyclic amines) is 1. The second kappa shape index (κ2) is 5.15. The van der Waals surface area contributed by atoms with E-state index in [-0.39, 0.29) is 11.8 Å². The molecular weight excluding hydrogens is 202 g/mol. The molecule has 2 heterocycles. The zero-order valence-electron chi connectivity index (χ0n) is 10.3. The number of rotatable bonds is 2. The Morgan fingerprint density at radius 3 is 2.88 bits per heavy atom. The molecule has 0 bridgehead atoms. The Morgan fingerprint density at radius 2 is 2.25 bits per heavy atom. The average Bonchev–Trinajstić information content (AvgIpc) is 2.64. The van der Waals surface area contributed by atoms with Gasteiger partial charge in [-0.15, -0.1) is 0 Å². The van der Waals surface area contributed by atoms with Gasteiger partial charge in [0.15, 0.2) is 0 Å². The minimum Gasteiger partial charge on any atom is -0.352 e. The maximum atomic E-state index is 12.1. The largest absolute Gasteiger partial charge is 0.352 e. The lowest BCUT2D eigenvalue weighted by atomic mass is 9.96. The van der Waals surface area contributed by atoms with E-state index in [1.807, 2.05) is 0 Å². The first-order chi connectivity index (χ1) is 7.66. The molecule has 0 saturated carbocycles. The lowest BCUT2D eigenvalue weighted by Gasteiger charge is -2.31. The van der Waals surface area contributed by atoms with Crippen LogP contribution >= 0.6 is 0 Å². The van der Waals surface area contributed by atoms with Crippen LogP contribution in [0.1, 0.15) is 19.8 Å². The van der Waals surface area contributed by atoms with Gasteiger partial charge in [-0.25, -0.2) is 0 Å². The molecule has 1 amide bonds. The highest BCUT2D eigenvalue weighted by molar-refractivity contribution is 5.79. The van der Waals surface area contributed by atoms with Crippen molar-refractivity contribution in [2.45, 2.75) is 25.8 Å². The molecule has 0 aromatic heterocycles. The topological polar surface area (TPSA) is 44.4 Å². The van der Waals surface area contributed by atoms with Crippen molar-refractivity contribution in [2.75, 3.05) is 33.2 Å². The van der Waals surface area contributed by atoms with E-state index in [4.69, 9.17) is 0 Å². The van der Waals surface area contributed by atoms with Crippen molar-refractivity contribution in [2.24, 2.45) is 11.8 Å². The third-order valence-electron chi connectivity index (χ3n) is 3.83. The van der Waals surface area contributed by atoms with Gasteiger partial charge < -0.3 is 15.5 Å². The Kier molecular flexibility index (Phi) is 3.82. The fourth-order valence-corrected chi connectivity index (χ4v) is 2.75. The minimum atomic E-state index is 0.173. The van der Waals surface area contributed by atoms with Crippen molar-refractivity contribution in [1.29, 1.82) is 0 Å². The Morgan fingerprint density at radius 1 is 1.44 bits per heavy atom. The number of hydrogen-bond acceptors (Lipinski definition) is 3. The molecule has 3 atom stereocenters. The zero-order valence-corrected chi connectivity index (χ0v) is 10.3. The number of carbonyl (C=O) groups excluding carboxylic acids is 1. The molecule has 0 aliphatic carbocycles. The molecule has 92 valence electrons. The Balaban J connectivity index is 1.82. The van der Waals surface area contributed by atoms with Gasteiger partial charge in [0.1, 0.15) is 0 Å². The number of carbonyl (C=O) groups is 1. The summed E-state index contributed by atoms with van der Waals surface area (Å²) < 4.78 is 0. The normalized spacial score (nSPS) is 36.2. The van der Waals surface area contributed by atoms with Gasteiger partial charge in [0.25, 0.3) is 0 Å². The molecule has 2 aliphatic heterocycles. The average molecular weight is 225 g/mol. The standard InChI is InChI=1S/C12H23N3O/c1-9-6-13-7-11(9)12(16)14-10-4-3-5-15(2)8-10/h9-11,13H,3-8H2,1-2H3,(H,14,16)/t9-,10?,11-/m1/s1. The van der Waals surface area contributed by atoms with E-state index >= 15 is 0 Å². The van der Waals surface area contributed by atoms with Crippen molar-refractivity contribution in [3.63, 3.8) is 0 Å². The summed E-state index contributed by atoms with van der Waals surface area (Å²) in [6.45, 7) is 6.13. The van der Waals surface area contributed by atoms with E-state index in [9.17, 15) is 4.79 Å².